The van der Waals surface area contributed by atoms with Gasteiger partial charge in [-0.1, -0.05) is 0 Å². The normalized spacial score (nSPS) is 11.8. The topological polar surface area (TPSA) is 112 Å². The Bertz CT molecular complexity index is 1260. The highest BCUT2D eigenvalue weighted by atomic mass is 19.1. The van der Waals surface area contributed by atoms with E-state index in [1.54, 1.807) is 30.9 Å². The first-order valence-corrected chi connectivity index (χ1v) is 10.5. The molecule has 0 fully saturated rings. The summed E-state index contributed by atoms with van der Waals surface area (Å²) in [5.74, 6) is -0.722. The Kier molecular flexibility index (Phi) is 7.26. The monoisotopic (exact) mass is 473 g/mol. The number of hydrogen-bond donors (Lipinski definition) is 3. The molecule has 0 bridgehead atoms. The summed E-state index contributed by atoms with van der Waals surface area (Å²) in [6.45, 7) is 3.67. The molecule has 176 valence electrons. The van der Waals surface area contributed by atoms with Crippen molar-refractivity contribution in [2.24, 2.45) is 10.2 Å². The number of pyridine rings is 2. The van der Waals surface area contributed by atoms with Gasteiger partial charge in [0.05, 0.1) is 11.4 Å². The Hall–Kier alpha value is -4.80. The summed E-state index contributed by atoms with van der Waals surface area (Å²) < 4.78 is 27.3. The number of rotatable bonds is 8. The second kappa shape index (κ2) is 10.9. The van der Waals surface area contributed by atoms with Crippen LogP contribution in [0.4, 0.5) is 32.1 Å². The van der Waals surface area contributed by atoms with E-state index < -0.39 is 11.6 Å². The lowest BCUT2D eigenvalue weighted by molar-refractivity contribution is 0.584. The summed E-state index contributed by atoms with van der Waals surface area (Å²) in [4.78, 5) is 16.7. The predicted octanol–water partition coefficient (Wildman–Crippen LogP) is 4.96. The first-order valence-electron chi connectivity index (χ1n) is 10.5. The van der Waals surface area contributed by atoms with Gasteiger partial charge in [0.2, 0.25) is 5.95 Å². The zero-order valence-electron chi connectivity index (χ0n) is 18.9. The number of anilines is 4. The Morgan fingerprint density at radius 2 is 1.14 bits per heavy atom. The van der Waals surface area contributed by atoms with Crippen molar-refractivity contribution >= 4 is 34.7 Å². The zero-order valence-corrected chi connectivity index (χ0v) is 18.9. The van der Waals surface area contributed by atoms with Crippen LogP contribution in [0.3, 0.4) is 0 Å². The van der Waals surface area contributed by atoms with Gasteiger partial charge in [-0.05, 0) is 50.2 Å². The van der Waals surface area contributed by atoms with Crippen LogP contribution in [0, 0.1) is 11.6 Å². The fraction of sp³-hybridized carbons (Fsp3) is 0.0833. The number of benzene rings is 1. The van der Waals surface area contributed by atoms with Crippen molar-refractivity contribution < 1.29 is 8.78 Å². The number of aromatic nitrogens is 4. The number of halogens is 2. The summed E-state index contributed by atoms with van der Waals surface area (Å²) in [5, 5.41) is 11.5. The van der Waals surface area contributed by atoms with Crippen LogP contribution in [0.5, 0.6) is 0 Å². The molecule has 0 aliphatic carbocycles. The van der Waals surface area contributed by atoms with Crippen molar-refractivity contribution in [3.63, 3.8) is 0 Å². The van der Waals surface area contributed by atoms with Gasteiger partial charge in [-0.25, -0.2) is 8.78 Å². The molecule has 0 radical (unpaired) electrons. The molecule has 0 saturated heterocycles. The van der Waals surface area contributed by atoms with Gasteiger partial charge in [-0.3, -0.25) is 20.8 Å². The van der Waals surface area contributed by atoms with Gasteiger partial charge in [-0.2, -0.15) is 20.2 Å². The molecule has 9 nitrogen and oxygen atoms in total. The maximum atomic E-state index is 13.6. The van der Waals surface area contributed by atoms with Crippen molar-refractivity contribution in [1.82, 2.24) is 19.9 Å². The van der Waals surface area contributed by atoms with Crippen molar-refractivity contribution in [1.29, 1.82) is 0 Å². The lowest BCUT2D eigenvalue weighted by Crippen LogP contribution is -2.07. The molecule has 0 spiro atoms. The average Bonchev–Trinajstić information content (AvgIpc) is 2.86. The molecule has 35 heavy (non-hydrogen) atoms. The molecule has 3 N–H and O–H groups in total. The highest BCUT2D eigenvalue weighted by Gasteiger charge is 2.08. The molecule has 4 rings (SSSR count). The maximum Gasteiger partial charge on any atom is 0.231 e. The van der Waals surface area contributed by atoms with Crippen LogP contribution in [-0.4, -0.2) is 31.4 Å². The molecule has 4 aromatic rings. The number of hydrogen-bond acceptors (Lipinski definition) is 9. The lowest BCUT2D eigenvalue weighted by Gasteiger charge is -2.10. The van der Waals surface area contributed by atoms with Gasteiger partial charge in [-0.15, -0.1) is 0 Å². The fourth-order valence-electron chi connectivity index (χ4n) is 2.97. The minimum atomic E-state index is -0.727. The summed E-state index contributed by atoms with van der Waals surface area (Å²) in [6.07, 6.45) is 6.68. The molecular weight excluding hydrogens is 452 g/mol. The average molecular weight is 473 g/mol. The van der Waals surface area contributed by atoms with Crippen molar-refractivity contribution in [3.05, 3.63) is 96.1 Å². The molecule has 1 aromatic carbocycles. The molecule has 0 unspecified atom stereocenters. The Labute approximate surface area is 200 Å². The molecule has 0 aliphatic heterocycles. The second-order valence-electron chi connectivity index (χ2n) is 7.33. The highest BCUT2D eigenvalue weighted by molar-refractivity contribution is 5.99. The van der Waals surface area contributed by atoms with Crippen LogP contribution in [0.25, 0.3) is 0 Å². The summed E-state index contributed by atoms with van der Waals surface area (Å²) in [5.41, 5.74) is 9.08. The van der Waals surface area contributed by atoms with Crippen molar-refractivity contribution in [2.75, 3.05) is 16.2 Å². The molecule has 3 heterocycles. The first-order chi connectivity index (χ1) is 17.0. The fourth-order valence-corrected chi connectivity index (χ4v) is 2.97. The third kappa shape index (κ3) is 6.60. The van der Waals surface area contributed by atoms with E-state index in [4.69, 9.17) is 0 Å². The van der Waals surface area contributed by atoms with Crippen LogP contribution in [-0.2, 0) is 0 Å². The quantitative estimate of drug-likeness (QED) is 0.245. The zero-order chi connectivity index (χ0) is 24.6. The van der Waals surface area contributed by atoms with Crippen molar-refractivity contribution in [2.45, 2.75) is 13.8 Å². The van der Waals surface area contributed by atoms with Crippen LogP contribution >= 0.6 is 0 Å². The second-order valence-corrected chi connectivity index (χ2v) is 7.33. The largest absolute Gasteiger partial charge is 0.324 e. The number of nitrogens with one attached hydrogen (secondary N) is 3. The lowest BCUT2D eigenvalue weighted by atomic mass is 10.2. The number of nitrogens with zero attached hydrogens (tertiary/aromatic N) is 6. The summed E-state index contributed by atoms with van der Waals surface area (Å²) >= 11 is 0. The summed E-state index contributed by atoms with van der Waals surface area (Å²) in [7, 11) is 0. The van der Waals surface area contributed by atoms with E-state index in [1.807, 2.05) is 38.1 Å². The third-order valence-electron chi connectivity index (χ3n) is 4.72. The van der Waals surface area contributed by atoms with E-state index in [2.05, 4.69) is 46.3 Å². The van der Waals surface area contributed by atoms with Gasteiger partial charge in [0.15, 0.2) is 11.6 Å². The van der Waals surface area contributed by atoms with Crippen LogP contribution in [0.15, 0.2) is 83.5 Å². The van der Waals surface area contributed by atoms with Gasteiger partial charge in [0.25, 0.3) is 0 Å². The van der Waals surface area contributed by atoms with E-state index in [1.165, 1.54) is 0 Å². The Morgan fingerprint density at radius 1 is 0.686 bits per heavy atom. The molecule has 0 saturated carbocycles. The number of hydrazone groups is 2. The third-order valence-corrected chi connectivity index (χ3v) is 4.72. The van der Waals surface area contributed by atoms with E-state index in [9.17, 15) is 8.78 Å². The molecule has 0 aliphatic rings. The van der Waals surface area contributed by atoms with Crippen LogP contribution in [0.1, 0.15) is 25.0 Å². The van der Waals surface area contributed by atoms with Gasteiger partial charge < -0.3 is 5.32 Å². The smallest absolute Gasteiger partial charge is 0.231 e. The van der Waals surface area contributed by atoms with Gasteiger partial charge >= 0.3 is 0 Å². The van der Waals surface area contributed by atoms with E-state index in [0.717, 1.165) is 29.3 Å². The predicted molar refractivity (Wildman–Crippen MR) is 132 cm³/mol. The maximum absolute atomic E-state index is 13.6. The van der Waals surface area contributed by atoms with Gasteiger partial charge in [0.1, 0.15) is 11.6 Å². The highest BCUT2D eigenvalue weighted by Crippen LogP contribution is 2.20. The van der Waals surface area contributed by atoms with Crippen LogP contribution < -0.4 is 16.2 Å². The molecule has 11 heteroatoms. The molecule has 0 amide bonds. The minimum absolute atomic E-state index is 0.0797. The Morgan fingerprint density at radius 3 is 1.60 bits per heavy atom. The summed E-state index contributed by atoms with van der Waals surface area (Å²) in [6, 6.07) is 12.0. The molecular formula is C24H21F2N9. The standard InChI is InChI=1S/C24H21F2N9/c1-15(17-3-7-27-8-4-17)32-34-22-14-23(35-33-16(2)18-5-9-28-10-6-18)31-24(30-22)29-21-12-19(25)11-20(26)13-21/h3-14H,1-2H3,(H3,29,30,31,34,35). The van der Waals surface area contributed by atoms with E-state index >= 15 is 0 Å². The van der Waals surface area contributed by atoms with E-state index in [-0.39, 0.29) is 11.6 Å². The molecule has 3 aromatic heterocycles. The first kappa shape index (κ1) is 23.4. The molecule has 0 atom stereocenters. The Balaban J connectivity index is 1.62. The SMILES string of the molecule is CC(=NNc1cc(NN=C(C)c2ccncc2)nc(Nc2cc(F)cc(F)c2)n1)c1ccncc1. The van der Waals surface area contributed by atoms with Crippen molar-refractivity contribution in [3.8, 4) is 0 Å². The van der Waals surface area contributed by atoms with E-state index in [0.29, 0.717) is 23.1 Å². The minimum Gasteiger partial charge on any atom is -0.324 e. The van der Waals surface area contributed by atoms with Crippen LogP contribution in [0.2, 0.25) is 0 Å². The van der Waals surface area contributed by atoms with Gasteiger partial charge in [0, 0.05) is 53.7 Å².